The number of aliphatic carboxylic acids is 1. The maximum Gasteiger partial charge on any atom is 0.328 e. The molecular formula is C14H26N2O5. The lowest BCUT2D eigenvalue weighted by atomic mass is 10.1. The fourth-order valence-electron chi connectivity index (χ4n) is 1.57. The van der Waals surface area contributed by atoms with Crippen molar-refractivity contribution in [3.05, 3.63) is 0 Å². The Morgan fingerprint density at radius 3 is 2.33 bits per heavy atom. The van der Waals surface area contributed by atoms with E-state index in [-0.39, 0.29) is 12.8 Å². The van der Waals surface area contributed by atoms with Crippen LogP contribution in [0.15, 0.2) is 0 Å². The van der Waals surface area contributed by atoms with Crippen molar-refractivity contribution in [2.75, 3.05) is 6.61 Å². The second-order valence-electron chi connectivity index (χ2n) is 5.48. The standard InChI is InChI=1S/C14H26N2O5/c1-9(2)5-4-8-21-14(20)10(3)16-12(17)7-6-11(15)13(18)19/h9-11H,4-8,15H2,1-3H3,(H,16,17)(H,18,19). The summed E-state index contributed by atoms with van der Waals surface area (Å²) in [6, 6.07) is -1.83. The number of amides is 1. The summed E-state index contributed by atoms with van der Waals surface area (Å²) in [5.74, 6) is -1.51. The van der Waals surface area contributed by atoms with Crippen molar-refractivity contribution in [1.29, 1.82) is 0 Å². The molecule has 0 aromatic carbocycles. The van der Waals surface area contributed by atoms with Gasteiger partial charge in [0.2, 0.25) is 5.91 Å². The van der Waals surface area contributed by atoms with Crippen LogP contribution in [0.3, 0.4) is 0 Å². The van der Waals surface area contributed by atoms with E-state index in [0.717, 1.165) is 12.8 Å². The number of ether oxygens (including phenoxy) is 1. The van der Waals surface area contributed by atoms with Gasteiger partial charge in [-0.1, -0.05) is 13.8 Å². The maximum atomic E-state index is 11.6. The van der Waals surface area contributed by atoms with E-state index in [1.54, 1.807) is 0 Å². The Bertz CT molecular complexity index is 357. The van der Waals surface area contributed by atoms with Gasteiger partial charge in [-0.15, -0.1) is 0 Å². The van der Waals surface area contributed by atoms with Gasteiger partial charge in [-0.05, 0) is 32.1 Å². The summed E-state index contributed by atoms with van der Waals surface area (Å²) in [4.78, 5) is 33.7. The van der Waals surface area contributed by atoms with Crippen molar-refractivity contribution in [1.82, 2.24) is 5.32 Å². The minimum absolute atomic E-state index is 0.0251. The molecule has 0 aromatic heterocycles. The third kappa shape index (κ3) is 9.84. The first-order valence-electron chi connectivity index (χ1n) is 7.18. The zero-order chi connectivity index (χ0) is 16.4. The zero-order valence-corrected chi connectivity index (χ0v) is 12.9. The summed E-state index contributed by atoms with van der Waals surface area (Å²) < 4.78 is 5.05. The molecule has 4 N–H and O–H groups in total. The van der Waals surface area contributed by atoms with Crippen molar-refractivity contribution in [2.45, 2.75) is 58.5 Å². The molecular weight excluding hydrogens is 276 g/mol. The van der Waals surface area contributed by atoms with Gasteiger partial charge < -0.3 is 20.9 Å². The number of hydrogen-bond acceptors (Lipinski definition) is 5. The first-order chi connectivity index (χ1) is 9.73. The molecule has 0 heterocycles. The van der Waals surface area contributed by atoms with Crippen LogP contribution in [0.2, 0.25) is 0 Å². The summed E-state index contributed by atoms with van der Waals surface area (Å²) >= 11 is 0. The van der Waals surface area contributed by atoms with Crippen LogP contribution >= 0.6 is 0 Å². The number of carbonyl (C=O) groups is 3. The summed E-state index contributed by atoms with van der Waals surface area (Å²) in [6.07, 6.45) is 1.74. The average molecular weight is 302 g/mol. The van der Waals surface area contributed by atoms with E-state index in [9.17, 15) is 14.4 Å². The van der Waals surface area contributed by atoms with Crippen molar-refractivity contribution in [3.8, 4) is 0 Å². The van der Waals surface area contributed by atoms with E-state index in [1.165, 1.54) is 6.92 Å². The van der Waals surface area contributed by atoms with E-state index in [0.29, 0.717) is 12.5 Å². The van der Waals surface area contributed by atoms with Gasteiger partial charge in [0.1, 0.15) is 12.1 Å². The first-order valence-corrected chi connectivity index (χ1v) is 7.18. The van der Waals surface area contributed by atoms with Crippen LogP contribution in [0.5, 0.6) is 0 Å². The molecule has 0 saturated heterocycles. The quantitative estimate of drug-likeness (QED) is 0.403. The molecule has 122 valence electrons. The van der Waals surface area contributed by atoms with Gasteiger partial charge in [0, 0.05) is 6.42 Å². The predicted molar refractivity (Wildman–Crippen MR) is 77.5 cm³/mol. The van der Waals surface area contributed by atoms with E-state index >= 15 is 0 Å². The van der Waals surface area contributed by atoms with E-state index < -0.39 is 29.9 Å². The molecule has 0 radical (unpaired) electrons. The van der Waals surface area contributed by atoms with Crippen LogP contribution in [0.1, 0.15) is 46.5 Å². The van der Waals surface area contributed by atoms with Crippen molar-refractivity contribution in [3.63, 3.8) is 0 Å². The Morgan fingerprint density at radius 2 is 1.81 bits per heavy atom. The van der Waals surface area contributed by atoms with Crippen LogP contribution in [0.4, 0.5) is 0 Å². The molecule has 0 aliphatic rings. The highest BCUT2D eigenvalue weighted by atomic mass is 16.5. The van der Waals surface area contributed by atoms with Gasteiger partial charge >= 0.3 is 11.9 Å². The number of rotatable bonds is 10. The van der Waals surface area contributed by atoms with E-state index in [4.69, 9.17) is 15.6 Å². The topological polar surface area (TPSA) is 119 Å². The number of nitrogens with one attached hydrogen (secondary N) is 1. The lowest BCUT2D eigenvalue weighted by Crippen LogP contribution is -2.40. The molecule has 0 aromatic rings. The molecule has 0 rings (SSSR count). The zero-order valence-electron chi connectivity index (χ0n) is 12.9. The van der Waals surface area contributed by atoms with Crippen LogP contribution in [0, 0.1) is 5.92 Å². The second kappa shape index (κ2) is 10.1. The first kappa shape index (κ1) is 19.4. The maximum absolute atomic E-state index is 11.6. The molecule has 0 spiro atoms. The van der Waals surface area contributed by atoms with Gasteiger partial charge in [-0.2, -0.15) is 0 Å². The van der Waals surface area contributed by atoms with Gasteiger partial charge in [-0.3, -0.25) is 9.59 Å². The third-order valence-corrected chi connectivity index (χ3v) is 2.90. The van der Waals surface area contributed by atoms with Crippen molar-refractivity contribution in [2.24, 2.45) is 11.7 Å². The van der Waals surface area contributed by atoms with E-state index in [1.807, 2.05) is 0 Å². The van der Waals surface area contributed by atoms with Crippen LogP contribution in [-0.2, 0) is 19.1 Å². The fourth-order valence-corrected chi connectivity index (χ4v) is 1.57. The molecule has 2 atom stereocenters. The minimum Gasteiger partial charge on any atom is -0.480 e. The molecule has 0 fully saturated rings. The summed E-state index contributed by atoms with van der Waals surface area (Å²) in [6.45, 7) is 6.04. The lowest BCUT2D eigenvalue weighted by Gasteiger charge is -2.14. The Labute approximate surface area is 125 Å². The molecule has 0 aliphatic carbocycles. The number of carbonyl (C=O) groups excluding carboxylic acids is 2. The molecule has 0 bridgehead atoms. The van der Waals surface area contributed by atoms with Crippen molar-refractivity contribution < 1.29 is 24.2 Å². The van der Waals surface area contributed by atoms with E-state index in [2.05, 4.69) is 19.2 Å². The highest BCUT2D eigenvalue weighted by molar-refractivity contribution is 5.84. The number of carboxylic acids is 1. The summed E-state index contributed by atoms with van der Waals surface area (Å²) in [5.41, 5.74) is 5.29. The number of nitrogens with two attached hydrogens (primary N) is 1. The van der Waals surface area contributed by atoms with Gasteiger partial charge in [0.15, 0.2) is 0 Å². The van der Waals surface area contributed by atoms with Crippen LogP contribution < -0.4 is 11.1 Å². The Hall–Kier alpha value is -1.63. The van der Waals surface area contributed by atoms with Gasteiger partial charge in [0.05, 0.1) is 6.61 Å². The molecule has 21 heavy (non-hydrogen) atoms. The molecule has 7 heteroatoms. The number of carboxylic acid groups (broad SMARTS) is 1. The normalized spacial score (nSPS) is 13.6. The minimum atomic E-state index is -1.15. The van der Waals surface area contributed by atoms with Gasteiger partial charge in [0.25, 0.3) is 0 Å². The SMILES string of the molecule is CC(C)CCCOC(=O)C(C)NC(=O)CCC(N)C(=O)O. The van der Waals surface area contributed by atoms with Gasteiger partial charge in [-0.25, -0.2) is 4.79 Å². The molecule has 0 saturated carbocycles. The molecule has 1 amide bonds. The fraction of sp³-hybridized carbons (Fsp3) is 0.786. The van der Waals surface area contributed by atoms with Crippen molar-refractivity contribution >= 4 is 17.8 Å². The molecule has 7 nitrogen and oxygen atoms in total. The second-order valence-corrected chi connectivity index (χ2v) is 5.48. The average Bonchev–Trinajstić information content (AvgIpc) is 2.40. The Balaban J connectivity index is 3.89. The summed E-state index contributed by atoms with van der Waals surface area (Å²) in [7, 11) is 0. The highest BCUT2D eigenvalue weighted by Gasteiger charge is 2.18. The molecule has 2 unspecified atom stereocenters. The summed E-state index contributed by atoms with van der Waals surface area (Å²) in [5, 5.41) is 11.1. The van der Waals surface area contributed by atoms with Crippen LogP contribution in [-0.4, -0.2) is 41.6 Å². The number of hydrogen-bond donors (Lipinski definition) is 3. The smallest absolute Gasteiger partial charge is 0.328 e. The van der Waals surface area contributed by atoms with Crippen LogP contribution in [0.25, 0.3) is 0 Å². The largest absolute Gasteiger partial charge is 0.480 e. The predicted octanol–water partition coefficient (Wildman–Crippen LogP) is 0.663. The monoisotopic (exact) mass is 302 g/mol. The highest BCUT2D eigenvalue weighted by Crippen LogP contribution is 2.04. The Morgan fingerprint density at radius 1 is 1.19 bits per heavy atom. The Kier molecular flexibility index (Phi) is 9.36. The molecule has 0 aliphatic heterocycles. The third-order valence-electron chi connectivity index (χ3n) is 2.90. The number of esters is 1. The lowest BCUT2D eigenvalue weighted by molar-refractivity contribution is -0.147.